The molecule has 33 heavy (non-hydrogen) atoms. The summed E-state index contributed by atoms with van der Waals surface area (Å²) in [5.41, 5.74) is 3.49. The molecule has 3 aliphatic heterocycles. The summed E-state index contributed by atoms with van der Waals surface area (Å²) in [5.74, 6) is 2.79. The lowest BCUT2D eigenvalue weighted by Crippen LogP contribution is -2.41. The van der Waals surface area contributed by atoms with E-state index in [2.05, 4.69) is 15.9 Å². The Bertz CT molecular complexity index is 991. The maximum absolute atomic E-state index is 10.0. The molecule has 180 valence electrons. The summed E-state index contributed by atoms with van der Waals surface area (Å²) < 4.78 is 16.7. The fourth-order valence-electron chi connectivity index (χ4n) is 5.58. The zero-order valence-electron chi connectivity index (χ0n) is 19.5. The summed E-state index contributed by atoms with van der Waals surface area (Å²) in [6, 6.07) is 4.76. The first-order chi connectivity index (χ1) is 15.6. The van der Waals surface area contributed by atoms with Crippen LogP contribution in [-0.2, 0) is 13.0 Å². The van der Waals surface area contributed by atoms with Gasteiger partial charge in [0.2, 0.25) is 11.7 Å². The number of halogens is 1. The molecule has 4 heterocycles. The van der Waals surface area contributed by atoms with E-state index in [0.29, 0.717) is 30.1 Å². The first-order valence-corrected chi connectivity index (χ1v) is 11.4. The molecule has 2 bridgehead atoms. The maximum atomic E-state index is 10.0. The number of fused-ring (bicyclic) bond motifs is 4. The van der Waals surface area contributed by atoms with Crippen LogP contribution in [0.3, 0.4) is 0 Å². The van der Waals surface area contributed by atoms with Crippen molar-refractivity contribution in [1.82, 2.24) is 14.9 Å². The van der Waals surface area contributed by atoms with Crippen LogP contribution in [-0.4, -0.2) is 66.5 Å². The van der Waals surface area contributed by atoms with Crippen molar-refractivity contribution in [2.75, 3.05) is 39.3 Å². The Morgan fingerprint density at radius 3 is 2.61 bits per heavy atom. The fourth-order valence-corrected chi connectivity index (χ4v) is 5.58. The Morgan fingerprint density at radius 2 is 1.88 bits per heavy atom. The molecular weight excluding hydrogens is 444 g/mol. The molecule has 3 aliphatic rings. The number of hydrogen-bond acceptors (Lipinski definition) is 8. The lowest BCUT2D eigenvalue weighted by Gasteiger charge is -2.37. The van der Waals surface area contributed by atoms with Crippen LogP contribution in [0.4, 0.5) is 5.95 Å². The molecular formula is C24H33ClN4O4. The van der Waals surface area contributed by atoms with Crippen molar-refractivity contribution < 1.29 is 19.3 Å². The standard InChI is InChI=1S/C24H32N4O4.ClH/c1-30-21-9-6-15(22(31-2)23(21)32-3)13-28-16-7-8-20(28)18-12-25-24(26-19(18)11-16)27-10-4-5-17(29)14-27;/h6,9,12,16-17,20,29H,4-5,7-8,10-11,13-14H2,1-3H3;1H. The third-order valence-electron chi connectivity index (χ3n) is 7.14. The van der Waals surface area contributed by atoms with Gasteiger partial charge in [-0.25, -0.2) is 9.97 Å². The lowest BCUT2D eigenvalue weighted by molar-refractivity contribution is 0.153. The van der Waals surface area contributed by atoms with Crippen molar-refractivity contribution in [3.05, 3.63) is 35.2 Å². The summed E-state index contributed by atoms with van der Waals surface area (Å²) >= 11 is 0. The van der Waals surface area contributed by atoms with E-state index in [1.54, 1.807) is 21.3 Å². The number of hydrogen-bond donors (Lipinski definition) is 1. The van der Waals surface area contributed by atoms with E-state index in [1.165, 1.54) is 5.56 Å². The Kier molecular flexibility index (Phi) is 7.16. The van der Waals surface area contributed by atoms with Gasteiger partial charge in [-0.1, -0.05) is 6.07 Å². The average molecular weight is 477 g/mol. The van der Waals surface area contributed by atoms with E-state index in [9.17, 15) is 5.11 Å². The number of aliphatic hydroxyl groups excluding tert-OH is 1. The van der Waals surface area contributed by atoms with Crippen LogP contribution in [0.25, 0.3) is 0 Å². The Hall–Kier alpha value is -2.29. The molecule has 0 amide bonds. The zero-order chi connectivity index (χ0) is 22.2. The van der Waals surface area contributed by atoms with Crippen LogP contribution in [0.1, 0.15) is 48.5 Å². The third-order valence-corrected chi connectivity index (χ3v) is 7.14. The number of piperidine rings is 1. The van der Waals surface area contributed by atoms with E-state index < -0.39 is 0 Å². The molecule has 2 fully saturated rings. The third kappa shape index (κ3) is 4.32. The molecule has 2 aromatic rings. The monoisotopic (exact) mass is 476 g/mol. The number of methoxy groups -OCH3 is 3. The molecule has 3 unspecified atom stereocenters. The van der Waals surface area contributed by atoms with Crippen molar-refractivity contribution in [1.29, 1.82) is 0 Å². The van der Waals surface area contributed by atoms with Gasteiger partial charge >= 0.3 is 0 Å². The summed E-state index contributed by atoms with van der Waals surface area (Å²) in [7, 11) is 4.95. The highest BCUT2D eigenvalue weighted by molar-refractivity contribution is 5.85. The summed E-state index contributed by atoms with van der Waals surface area (Å²) in [6.45, 7) is 2.31. The van der Waals surface area contributed by atoms with Gasteiger partial charge in [-0.15, -0.1) is 12.4 Å². The fraction of sp³-hybridized carbons (Fsp3) is 0.583. The number of β-amino-alcohol motifs (C(OH)–C–C–N with tert-alkyl or cyclic N) is 1. The molecule has 5 rings (SSSR count). The van der Waals surface area contributed by atoms with Crippen LogP contribution in [0, 0.1) is 0 Å². The van der Waals surface area contributed by atoms with Crippen LogP contribution in [0.2, 0.25) is 0 Å². The van der Waals surface area contributed by atoms with E-state index in [1.807, 2.05) is 12.3 Å². The molecule has 0 spiro atoms. The highest BCUT2D eigenvalue weighted by atomic mass is 35.5. The van der Waals surface area contributed by atoms with Crippen molar-refractivity contribution >= 4 is 18.4 Å². The summed E-state index contributed by atoms with van der Waals surface area (Å²) in [5, 5.41) is 10.0. The number of anilines is 1. The Labute approximate surface area is 201 Å². The van der Waals surface area contributed by atoms with E-state index in [-0.39, 0.29) is 18.5 Å². The first kappa shape index (κ1) is 23.9. The van der Waals surface area contributed by atoms with Crippen molar-refractivity contribution in [2.24, 2.45) is 0 Å². The smallest absolute Gasteiger partial charge is 0.225 e. The molecule has 2 saturated heterocycles. The second-order valence-electron chi connectivity index (χ2n) is 8.93. The van der Waals surface area contributed by atoms with Crippen LogP contribution in [0.5, 0.6) is 17.2 Å². The molecule has 1 N–H and O–H groups in total. The van der Waals surface area contributed by atoms with Gasteiger partial charge in [-0.3, -0.25) is 4.90 Å². The molecule has 3 atom stereocenters. The SMILES string of the molecule is COc1ccc(CN2C3CCC2c2cnc(N4CCCC(O)C4)nc2C3)c(OC)c1OC.Cl. The highest BCUT2D eigenvalue weighted by Gasteiger charge is 2.41. The van der Waals surface area contributed by atoms with Gasteiger partial charge in [-0.05, 0) is 31.7 Å². The highest BCUT2D eigenvalue weighted by Crippen LogP contribution is 2.46. The maximum Gasteiger partial charge on any atom is 0.225 e. The van der Waals surface area contributed by atoms with Crippen molar-refractivity contribution in [3.8, 4) is 17.2 Å². The van der Waals surface area contributed by atoms with Gasteiger partial charge < -0.3 is 24.2 Å². The van der Waals surface area contributed by atoms with Crippen LogP contribution < -0.4 is 19.1 Å². The van der Waals surface area contributed by atoms with Gasteiger partial charge in [-0.2, -0.15) is 0 Å². The second kappa shape index (κ2) is 9.91. The summed E-state index contributed by atoms with van der Waals surface area (Å²) in [4.78, 5) is 14.3. The van der Waals surface area contributed by atoms with Crippen molar-refractivity contribution in [3.63, 3.8) is 0 Å². The molecule has 1 aromatic heterocycles. The van der Waals surface area contributed by atoms with E-state index in [0.717, 1.165) is 68.1 Å². The minimum Gasteiger partial charge on any atom is -0.493 e. The van der Waals surface area contributed by atoms with E-state index >= 15 is 0 Å². The zero-order valence-corrected chi connectivity index (χ0v) is 20.3. The Balaban J connectivity index is 0.00000259. The predicted octanol–water partition coefficient (Wildman–Crippen LogP) is 3.15. The molecule has 1 aromatic carbocycles. The number of rotatable bonds is 6. The van der Waals surface area contributed by atoms with Gasteiger partial charge in [0.15, 0.2) is 11.5 Å². The van der Waals surface area contributed by atoms with Gasteiger partial charge in [0.05, 0.1) is 33.1 Å². The number of ether oxygens (including phenoxy) is 3. The molecule has 0 saturated carbocycles. The quantitative estimate of drug-likeness (QED) is 0.681. The number of aliphatic hydroxyl groups is 1. The van der Waals surface area contributed by atoms with Gasteiger partial charge in [0.1, 0.15) is 0 Å². The first-order valence-electron chi connectivity index (χ1n) is 11.4. The predicted molar refractivity (Wildman–Crippen MR) is 128 cm³/mol. The molecule has 0 radical (unpaired) electrons. The normalized spacial score (nSPS) is 24.1. The topological polar surface area (TPSA) is 80.2 Å². The van der Waals surface area contributed by atoms with Crippen molar-refractivity contribution in [2.45, 2.75) is 56.8 Å². The number of aromatic nitrogens is 2. The number of benzene rings is 1. The second-order valence-corrected chi connectivity index (χ2v) is 8.93. The lowest BCUT2D eigenvalue weighted by atomic mass is 9.98. The average Bonchev–Trinajstić information content (AvgIpc) is 3.09. The minimum absolute atomic E-state index is 0. The van der Waals surface area contributed by atoms with Crippen LogP contribution >= 0.6 is 12.4 Å². The molecule has 9 heteroatoms. The number of nitrogens with zero attached hydrogens (tertiary/aromatic N) is 4. The van der Waals surface area contributed by atoms with Gasteiger partial charge in [0.25, 0.3) is 0 Å². The molecule has 0 aliphatic carbocycles. The largest absolute Gasteiger partial charge is 0.493 e. The van der Waals surface area contributed by atoms with Crippen LogP contribution in [0.15, 0.2) is 18.3 Å². The van der Waals surface area contributed by atoms with E-state index in [4.69, 9.17) is 24.2 Å². The molecule has 8 nitrogen and oxygen atoms in total. The Morgan fingerprint density at radius 1 is 1.06 bits per heavy atom. The summed E-state index contributed by atoms with van der Waals surface area (Å²) in [6.07, 6.45) is 6.75. The minimum atomic E-state index is -0.286. The van der Waals surface area contributed by atoms with Gasteiger partial charge in [0, 0.05) is 55.5 Å².